The normalized spacial score (nSPS) is 18.2. The van der Waals surface area contributed by atoms with Crippen LogP contribution >= 0.6 is 11.6 Å². The maximum Gasteiger partial charge on any atom is 0.145 e. The van der Waals surface area contributed by atoms with Crippen molar-refractivity contribution in [1.82, 2.24) is 0 Å². The Labute approximate surface area is 105 Å². The third-order valence-corrected chi connectivity index (χ3v) is 3.81. The van der Waals surface area contributed by atoms with E-state index in [0.29, 0.717) is 5.56 Å². The van der Waals surface area contributed by atoms with Crippen LogP contribution in [0.2, 0.25) is 5.02 Å². The summed E-state index contributed by atoms with van der Waals surface area (Å²) in [5.74, 6) is -0.434. The summed E-state index contributed by atoms with van der Waals surface area (Å²) in [5.41, 5.74) is 6.11. The second-order valence-electron chi connectivity index (χ2n) is 4.62. The summed E-state index contributed by atoms with van der Waals surface area (Å²) in [7, 11) is 0. The highest BCUT2D eigenvalue weighted by Gasteiger charge is 2.30. The molecule has 92 valence electrons. The van der Waals surface area contributed by atoms with Crippen molar-refractivity contribution in [1.29, 1.82) is 5.41 Å². The van der Waals surface area contributed by atoms with Crippen molar-refractivity contribution in [2.75, 3.05) is 0 Å². The molecule has 1 fully saturated rings. The number of halogens is 2. The Balaban J connectivity index is 2.38. The van der Waals surface area contributed by atoms with E-state index < -0.39 is 5.82 Å². The molecule has 0 radical (unpaired) electrons. The minimum atomic E-state index is -0.429. The van der Waals surface area contributed by atoms with E-state index in [-0.39, 0.29) is 22.7 Å². The van der Waals surface area contributed by atoms with Crippen molar-refractivity contribution in [2.45, 2.75) is 31.6 Å². The van der Waals surface area contributed by atoms with Gasteiger partial charge < -0.3 is 5.73 Å². The number of nitrogens with one attached hydrogen (secondary N) is 1. The molecule has 17 heavy (non-hydrogen) atoms. The number of hydrogen-bond donors (Lipinski definition) is 2. The fraction of sp³-hybridized carbons (Fsp3) is 0.462. The highest BCUT2D eigenvalue weighted by atomic mass is 35.5. The van der Waals surface area contributed by atoms with Crippen LogP contribution in [0.25, 0.3) is 0 Å². The highest BCUT2D eigenvalue weighted by molar-refractivity contribution is 6.30. The molecule has 0 spiro atoms. The van der Waals surface area contributed by atoms with E-state index in [0.717, 1.165) is 25.7 Å². The SMILES string of the molecule is N=C(N)C(c1cccc(Cl)c1F)C1CCCC1. The van der Waals surface area contributed by atoms with Crippen molar-refractivity contribution < 1.29 is 4.39 Å². The molecule has 1 aliphatic rings. The predicted octanol–water partition coefficient (Wildman–Crippen LogP) is 3.69. The second-order valence-corrected chi connectivity index (χ2v) is 5.03. The van der Waals surface area contributed by atoms with Gasteiger partial charge in [-0.15, -0.1) is 0 Å². The van der Waals surface area contributed by atoms with E-state index in [1.165, 1.54) is 6.07 Å². The minimum absolute atomic E-state index is 0.0399. The van der Waals surface area contributed by atoms with E-state index in [2.05, 4.69) is 0 Å². The molecule has 1 aromatic rings. The van der Waals surface area contributed by atoms with Gasteiger partial charge in [0.25, 0.3) is 0 Å². The summed E-state index contributed by atoms with van der Waals surface area (Å²) in [5, 5.41) is 7.79. The lowest BCUT2D eigenvalue weighted by Crippen LogP contribution is -2.27. The average molecular weight is 255 g/mol. The molecule has 1 atom stereocenters. The smallest absolute Gasteiger partial charge is 0.145 e. The van der Waals surface area contributed by atoms with Gasteiger partial charge in [0.15, 0.2) is 0 Å². The predicted molar refractivity (Wildman–Crippen MR) is 68.0 cm³/mol. The molecule has 1 unspecified atom stereocenters. The largest absolute Gasteiger partial charge is 0.387 e. The van der Waals surface area contributed by atoms with Crippen LogP contribution in [0.3, 0.4) is 0 Å². The maximum absolute atomic E-state index is 14.0. The quantitative estimate of drug-likeness (QED) is 0.627. The monoisotopic (exact) mass is 254 g/mol. The zero-order chi connectivity index (χ0) is 12.4. The fourth-order valence-corrected chi connectivity index (χ4v) is 2.91. The Morgan fingerprint density at radius 1 is 1.41 bits per heavy atom. The maximum atomic E-state index is 14.0. The molecule has 2 nitrogen and oxygen atoms in total. The molecular formula is C13H16ClFN2. The molecule has 0 aromatic heterocycles. The van der Waals surface area contributed by atoms with Gasteiger partial charge >= 0.3 is 0 Å². The van der Waals surface area contributed by atoms with Crippen molar-refractivity contribution in [3.8, 4) is 0 Å². The summed E-state index contributed by atoms with van der Waals surface area (Å²) < 4.78 is 14.0. The minimum Gasteiger partial charge on any atom is -0.387 e. The van der Waals surface area contributed by atoms with Gasteiger partial charge in [0, 0.05) is 11.5 Å². The summed E-state index contributed by atoms with van der Waals surface area (Å²) >= 11 is 5.78. The molecule has 0 heterocycles. The standard InChI is InChI=1S/C13H16ClFN2/c14-10-7-3-6-9(12(10)15)11(13(16)17)8-4-1-2-5-8/h3,6-8,11H,1-2,4-5H2,(H3,16,17). The van der Waals surface area contributed by atoms with Gasteiger partial charge in [-0.2, -0.15) is 0 Å². The highest BCUT2D eigenvalue weighted by Crippen LogP contribution is 2.39. The van der Waals surface area contributed by atoms with Crippen LogP contribution in [0.15, 0.2) is 18.2 Å². The van der Waals surface area contributed by atoms with Crippen molar-refractivity contribution in [2.24, 2.45) is 11.7 Å². The lowest BCUT2D eigenvalue weighted by molar-refractivity contribution is 0.488. The molecule has 0 amide bonds. The number of amidine groups is 1. The van der Waals surface area contributed by atoms with Crippen molar-refractivity contribution in [3.05, 3.63) is 34.6 Å². The molecule has 0 aliphatic heterocycles. The molecule has 0 bridgehead atoms. The van der Waals surface area contributed by atoms with Gasteiger partial charge in [-0.05, 0) is 24.8 Å². The average Bonchev–Trinajstić information content (AvgIpc) is 2.77. The Bertz CT molecular complexity index is 427. The van der Waals surface area contributed by atoms with Crippen LogP contribution in [-0.4, -0.2) is 5.84 Å². The number of rotatable bonds is 3. The van der Waals surface area contributed by atoms with Gasteiger partial charge in [0.05, 0.1) is 10.9 Å². The Kier molecular flexibility index (Phi) is 3.67. The van der Waals surface area contributed by atoms with Crippen LogP contribution in [0.4, 0.5) is 4.39 Å². The first kappa shape index (κ1) is 12.4. The van der Waals surface area contributed by atoms with Gasteiger partial charge in [0.1, 0.15) is 5.82 Å². The molecule has 2 rings (SSSR count). The topological polar surface area (TPSA) is 49.9 Å². The van der Waals surface area contributed by atoms with E-state index >= 15 is 0 Å². The van der Waals surface area contributed by atoms with Crippen molar-refractivity contribution in [3.63, 3.8) is 0 Å². The fourth-order valence-electron chi connectivity index (χ4n) is 2.73. The van der Waals surface area contributed by atoms with Crippen LogP contribution in [0.1, 0.15) is 37.2 Å². The lowest BCUT2D eigenvalue weighted by atomic mass is 9.84. The molecule has 4 heteroatoms. The Morgan fingerprint density at radius 2 is 2.06 bits per heavy atom. The van der Waals surface area contributed by atoms with Crippen LogP contribution in [0.5, 0.6) is 0 Å². The number of hydrogen-bond acceptors (Lipinski definition) is 1. The molecule has 0 saturated heterocycles. The van der Waals surface area contributed by atoms with Crippen LogP contribution in [0, 0.1) is 17.1 Å². The van der Waals surface area contributed by atoms with Gasteiger partial charge in [-0.1, -0.05) is 36.6 Å². The first-order valence-electron chi connectivity index (χ1n) is 5.89. The summed E-state index contributed by atoms with van der Waals surface area (Å²) in [6.07, 6.45) is 4.29. The zero-order valence-electron chi connectivity index (χ0n) is 9.55. The Morgan fingerprint density at radius 3 is 2.65 bits per heavy atom. The van der Waals surface area contributed by atoms with E-state index in [1.807, 2.05) is 0 Å². The van der Waals surface area contributed by atoms with Crippen molar-refractivity contribution >= 4 is 17.4 Å². The van der Waals surface area contributed by atoms with E-state index in [9.17, 15) is 4.39 Å². The van der Waals surface area contributed by atoms with E-state index in [1.54, 1.807) is 12.1 Å². The van der Waals surface area contributed by atoms with E-state index in [4.69, 9.17) is 22.7 Å². The molecule has 1 saturated carbocycles. The molecular weight excluding hydrogens is 239 g/mol. The van der Waals surface area contributed by atoms with Gasteiger partial charge in [-0.25, -0.2) is 4.39 Å². The van der Waals surface area contributed by atoms with Gasteiger partial charge in [-0.3, -0.25) is 5.41 Å². The van der Waals surface area contributed by atoms with Gasteiger partial charge in [0.2, 0.25) is 0 Å². The van der Waals surface area contributed by atoms with Crippen LogP contribution in [-0.2, 0) is 0 Å². The first-order chi connectivity index (χ1) is 8.11. The lowest BCUT2D eigenvalue weighted by Gasteiger charge is -2.23. The Hall–Kier alpha value is -1.09. The second kappa shape index (κ2) is 5.05. The van der Waals surface area contributed by atoms with Crippen LogP contribution < -0.4 is 5.73 Å². The zero-order valence-corrected chi connectivity index (χ0v) is 10.3. The summed E-state index contributed by atoms with van der Waals surface area (Å²) in [6, 6.07) is 4.92. The third-order valence-electron chi connectivity index (χ3n) is 3.52. The summed E-state index contributed by atoms with van der Waals surface area (Å²) in [6.45, 7) is 0. The first-order valence-corrected chi connectivity index (χ1v) is 6.27. The number of nitrogens with two attached hydrogens (primary N) is 1. The molecule has 3 N–H and O–H groups in total. The molecule has 1 aromatic carbocycles. The number of benzene rings is 1. The third kappa shape index (κ3) is 2.44. The molecule has 1 aliphatic carbocycles. The summed E-state index contributed by atoms with van der Waals surface area (Å²) in [4.78, 5) is 0.